The SMILES string of the molecule is O=[N+]([O-])c1ccc(N2CCN(CC[CH]c3ccc(F)cc3)CC2)cc1. The molecule has 1 aliphatic heterocycles. The second kappa shape index (κ2) is 8.07. The first-order valence-electron chi connectivity index (χ1n) is 8.42. The highest BCUT2D eigenvalue weighted by Gasteiger charge is 2.17. The molecule has 25 heavy (non-hydrogen) atoms. The topological polar surface area (TPSA) is 49.6 Å². The molecular weight excluding hydrogens is 321 g/mol. The number of non-ortho nitro benzene ring substituents is 1. The number of nitro benzene ring substituents is 1. The van der Waals surface area contributed by atoms with E-state index in [2.05, 4.69) is 16.2 Å². The third-order valence-corrected chi connectivity index (χ3v) is 4.49. The number of hydrogen-bond acceptors (Lipinski definition) is 4. The van der Waals surface area contributed by atoms with Crippen LogP contribution in [0.4, 0.5) is 15.8 Å². The van der Waals surface area contributed by atoms with Crippen LogP contribution in [0.2, 0.25) is 0 Å². The quantitative estimate of drug-likeness (QED) is 0.595. The first-order valence-corrected chi connectivity index (χ1v) is 8.42. The highest BCUT2D eigenvalue weighted by molar-refractivity contribution is 5.51. The normalized spacial score (nSPS) is 15.3. The molecule has 0 aromatic heterocycles. The molecule has 131 valence electrons. The Hall–Kier alpha value is -2.47. The summed E-state index contributed by atoms with van der Waals surface area (Å²) in [4.78, 5) is 15.0. The third-order valence-electron chi connectivity index (χ3n) is 4.49. The Bertz CT molecular complexity index is 696. The molecular formula is C19H21FN3O2. The van der Waals surface area contributed by atoms with Crippen molar-refractivity contribution in [2.75, 3.05) is 37.6 Å². The Balaban J connectivity index is 1.42. The molecule has 0 atom stereocenters. The number of hydrogen-bond donors (Lipinski definition) is 0. The molecule has 2 aromatic rings. The second-order valence-electron chi connectivity index (χ2n) is 6.15. The molecule has 1 radical (unpaired) electrons. The smallest absolute Gasteiger partial charge is 0.269 e. The van der Waals surface area contributed by atoms with Crippen LogP contribution in [0, 0.1) is 22.4 Å². The van der Waals surface area contributed by atoms with Gasteiger partial charge in [0.2, 0.25) is 0 Å². The van der Waals surface area contributed by atoms with Gasteiger partial charge in [-0.2, -0.15) is 0 Å². The van der Waals surface area contributed by atoms with Crippen LogP contribution in [0.1, 0.15) is 12.0 Å². The van der Waals surface area contributed by atoms with Crippen molar-refractivity contribution in [1.29, 1.82) is 0 Å². The van der Waals surface area contributed by atoms with E-state index in [-0.39, 0.29) is 16.4 Å². The molecule has 1 fully saturated rings. The first-order chi connectivity index (χ1) is 12.1. The molecule has 6 heteroatoms. The summed E-state index contributed by atoms with van der Waals surface area (Å²) in [7, 11) is 0. The molecule has 0 bridgehead atoms. The van der Waals surface area contributed by atoms with Crippen LogP contribution in [0.25, 0.3) is 0 Å². The lowest BCUT2D eigenvalue weighted by Gasteiger charge is -2.36. The molecule has 0 N–H and O–H groups in total. The van der Waals surface area contributed by atoms with Gasteiger partial charge in [0.25, 0.3) is 5.69 Å². The van der Waals surface area contributed by atoms with Crippen LogP contribution in [-0.2, 0) is 0 Å². The minimum atomic E-state index is -0.376. The van der Waals surface area contributed by atoms with E-state index in [1.165, 1.54) is 12.1 Å². The highest BCUT2D eigenvalue weighted by Crippen LogP contribution is 2.20. The van der Waals surface area contributed by atoms with Gasteiger partial charge in [-0.05, 0) is 49.2 Å². The van der Waals surface area contributed by atoms with Gasteiger partial charge in [0, 0.05) is 44.0 Å². The minimum absolute atomic E-state index is 0.124. The maximum Gasteiger partial charge on any atom is 0.269 e. The van der Waals surface area contributed by atoms with Crippen molar-refractivity contribution in [1.82, 2.24) is 4.90 Å². The molecule has 1 aliphatic rings. The fourth-order valence-electron chi connectivity index (χ4n) is 3.03. The number of halogens is 1. The summed E-state index contributed by atoms with van der Waals surface area (Å²) < 4.78 is 12.9. The monoisotopic (exact) mass is 342 g/mol. The lowest BCUT2D eigenvalue weighted by molar-refractivity contribution is -0.384. The Morgan fingerprint density at radius 2 is 1.64 bits per heavy atom. The molecule has 1 saturated heterocycles. The standard InChI is InChI=1S/C19H21FN3O2/c20-17-5-3-16(4-6-17)2-1-11-21-12-14-22(15-13-21)18-7-9-19(10-8-18)23(24)25/h2-10H,1,11-15H2. The molecule has 0 spiro atoms. The van der Waals surface area contributed by atoms with E-state index in [4.69, 9.17) is 0 Å². The maximum absolute atomic E-state index is 12.9. The lowest BCUT2D eigenvalue weighted by atomic mass is 10.1. The summed E-state index contributed by atoms with van der Waals surface area (Å²) in [5.41, 5.74) is 2.20. The summed E-state index contributed by atoms with van der Waals surface area (Å²) in [6.45, 7) is 4.73. The molecule has 0 unspecified atom stereocenters. The van der Waals surface area contributed by atoms with Gasteiger partial charge in [-0.3, -0.25) is 15.0 Å². The predicted molar refractivity (Wildman–Crippen MR) is 96.2 cm³/mol. The Morgan fingerprint density at radius 3 is 2.24 bits per heavy atom. The van der Waals surface area contributed by atoms with Crippen LogP contribution >= 0.6 is 0 Å². The number of nitro groups is 1. The van der Waals surface area contributed by atoms with E-state index in [1.54, 1.807) is 24.3 Å². The number of anilines is 1. The molecule has 2 aromatic carbocycles. The number of piperazine rings is 1. The van der Waals surface area contributed by atoms with Crippen molar-refractivity contribution in [3.63, 3.8) is 0 Å². The van der Waals surface area contributed by atoms with Crippen molar-refractivity contribution in [3.8, 4) is 0 Å². The lowest BCUT2D eigenvalue weighted by Crippen LogP contribution is -2.46. The molecule has 0 aliphatic carbocycles. The summed E-state index contributed by atoms with van der Waals surface area (Å²) in [5.74, 6) is -0.209. The molecule has 0 amide bonds. The predicted octanol–water partition coefficient (Wildman–Crippen LogP) is 3.50. The number of benzene rings is 2. The molecule has 3 rings (SSSR count). The molecule has 1 heterocycles. The van der Waals surface area contributed by atoms with Crippen molar-refractivity contribution < 1.29 is 9.31 Å². The minimum Gasteiger partial charge on any atom is -0.369 e. The van der Waals surface area contributed by atoms with Gasteiger partial charge >= 0.3 is 0 Å². The van der Waals surface area contributed by atoms with E-state index in [0.717, 1.165) is 50.4 Å². The van der Waals surface area contributed by atoms with Crippen molar-refractivity contribution in [2.45, 2.75) is 6.42 Å². The fraction of sp³-hybridized carbons (Fsp3) is 0.316. The zero-order valence-electron chi connectivity index (χ0n) is 14.0. The summed E-state index contributed by atoms with van der Waals surface area (Å²) in [6.07, 6.45) is 3.06. The van der Waals surface area contributed by atoms with Gasteiger partial charge < -0.3 is 4.90 Å². The number of rotatable bonds is 6. The zero-order chi connectivity index (χ0) is 17.6. The average Bonchev–Trinajstić information content (AvgIpc) is 2.64. The Morgan fingerprint density at radius 1 is 1.00 bits per heavy atom. The highest BCUT2D eigenvalue weighted by atomic mass is 19.1. The van der Waals surface area contributed by atoms with E-state index < -0.39 is 0 Å². The van der Waals surface area contributed by atoms with Gasteiger partial charge in [0.15, 0.2) is 0 Å². The van der Waals surface area contributed by atoms with Gasteiger partial charge in [-0.1, -0.05) is 12.1 Å². The van der Waals surface area contributed by atoms with Crippen LogP contribution in [0.5, 0.6) is 0 Å². The van der Waals surface area contributed by atoms with Gasteiger partial charge in [0.1, 0.15) is 5.82 Å². The van der Waals surface area contributed by atoms with Gasteiger partial charge in [0.05, 0.1) is 4.92 Å². The molecule has 5 nitrogen and oxygen atoms in total. The third kappa shape index (κ3) is 4.76. The first kappa shape index (κ1) is 17.4. The van der Waals surface area contributed by atoms with Crippen molar-refractivity contribution in [3.05, 3.63) is 76.4 Å². The Labute approximate surface area is 146 Å². The van der Waals surface area contributed by atoms with Crippen LogP contribution in [0.15, 0.2) is 48.5 Å². The average molecular weight is 342 g/mol. The van der Waals surface area contributed by atoms with Crippen LogP contribution < -0.4 is 4.90 Å². The van der Waals surface area contributed by atoms with Crippen LogP contribution in [0.3, 0.4) is 0 Å². The van der Waals surface area contributed by atoms with E-state index >= 15 is 0 Å². The fourth-order valence-corrected chi connectivity index (χ4v) is 3.03. The van der Waals surface area contributed by atoms with E-state index in [9.17, 15) is 14.5 Å². The number of nitrogens with zero attached hydrogens (tertiary/aromatic N) is 3. The summed E-state index contributed by atoms with van der Waals surface area (Å²) in [5, 5.41) is 10.7. The van der Waals surface area contributed by atoms with E-state index in [1.807, 2.05) is 12.1 Å². The van der Waals surface area contributed by atoms with Crippen molar-refractivity contribution in [2.24, 2.45) is 0 Å². The zero-order valence-corrected chi connectivity index (χ0v) is 14.0. The Kier molecular flexibility index (Phi) is 5.60. The van der Waals surface area contributed by atoms with Crippen molar-refractivity contribution >= 4 is 11.4 Å². The summed E-state index contributed by atoms with van der Waals surface area (Å²) in [6, 6.07) is 13.3. The largest absolute Gasteiger partial charge is 0.369 e. The second-order valence-corrected chi connectivity index (χ2v) is 6.15. The maximum atomic E-state index is 12.9. The van der Waals surface area contributed by atoms with Crippen LogP contribution in [-0.4, -0.2) is 42.5 Å². The molecule has 0 saturated carbocycles. The summed E-state index contributed by atoms with van der Waals surface area (Å²) >= 11 is 0. The van der Waals surface area contributed by atoms with Gasteiger partial charge in [-0.25, -0.2) is 4.39 Å². The van der Waals surface area contributed by atoms with Gasteiger partial charge in [-0.15, -0.1) is 0 Å². The van der Waals surface area contributed by atoms with E-state index in [0.29, 0.717) is 0 Å².